The third-order valence-corrected chi connectivity index (χ3v) is 4.36. The van der Waals surface area contributed by atoms with Gasteiger partial charge < -0.3 is 10.6 Å². The predicted molar refractivity (Wildman–Crippen MR) is 98.1 cm³/mol. The van der Waals surface area contributed by atoms with Crippen molar-refractivity contribution in [2.24, 2.45) is 5.92 Å². The number of hydrogen-bond donors (Lipinski definition) is 2. The molecule has 4 nitrogen and oxygen atoms in total. The van der Waals surface area contributed by atoms with Crippen LogP contribution in [0.3, 0.4) is 0 Å². The van der Waals surface area contributed by atoms with Crippen LogP contribution < -0.4 is 10.6 Å². The van der Waals surface area contributed by atoms with Crippen molar-refractivity contribution in [3.05, 3.63) is 59.3 Å². The Morgan fingerprint density at radius 1 is 1.08 bits per heavy atom. The Kier molecular flexibility index (Phi) is 4.39. The van der Waals surface area contributed by atoms with E-state index in [0.717, 1.165) is 24.2 Å². The maximum atomic E-state index is 11.9. The zero-order chi connectivity index (χ0) is 17.1. The van der Waals surface area contributed by atoms with Gasteiger partial charge in [0.1, 0.15) is 5.82 Å². The second kappa shape index (κ2) is 6.98. The molecule has 2 aromatic rings. The minimum Gasteiger partial charge on any atom is -0.366 e. The van der Waals surface area contributed by atoms with E-state index in [1.807, 2.05) is 12.1 Å². The summed E-state index contributed by atoms with van der Waals surface area (Å²) < 4.78 is 0. The van der Waals surface area contributed by atoms with E-state index in [4.69, 9.17) is 0 Å². The van der Waals surface area contributed by atoms with Crippen LogP contribution in [0.4, 0.5) is 5.82 Å². The van der Waals surface area contributed by atoms with Crippen molar-refractivity contribution in [2.45, 2.75) is 38.3 Å². The molecular formula is C21H21N3O. The lowest BCUT2D eigenvalue weighted by molar-refractivity contribution is 0.0951. The number of carbonyl (C=O) groups excluding carboxylic acids is 1. The Morgan fingerprint density at radius 2 is 1.88 bits per heavy atom. The number of pyridine rings is 1. The van der Waals surface area contributed by atoms with E-state index in [1.165, 1.54) is 18.4 Å². The Bertz CT molecular complexity index is 807. The zero-order valence-corrected chi connectivity index (χ0v) is 14.1. The quantitative estimate of drug-likeness (QED) is 0.826. The molecule has 126 valence electrons. The summed E-state index contributed by atoms with van der Waals surface area (Å²) in [5.41, 5.74) is 2.85. The monoisotopic (exact) mass is 331 g/mol. The lowest BCUT2D eigenvalue weighted by Crippen LogP contribution is -2.25. The Balaban J connectivity index is 1.30. The van der Waals surface area contributed by atoms with Gasteiger partial charge in [0.05, 0.1) is 5.56 Å². The van der Waals surface area contributed by atoms with Crippen LogP contribution in [0.2, 0.25) is 0 Å². The van der Waals surface area contributed by atoms with Gasteiger partial charge in [0.15, 0.2) is 0 Å². The van der Waals surface area contributed by atoms with Crippen LogP contribution in [0.15, 0.2) is 42.6 Å². The van der Waals surface area contributed by atoms with E-state index in [2.05, 4.69) is 51.7 Å². The van der Waals surface area contributed by atoms with Crippen LogP contribution in [0.1, 0.15) is 47.2 Å². The van der Waals surface area contributed by atoms with Gasteiger partial charge in [-0.1, -0.05) is 24.0 Å². The average molecular weight is 331 g/mol. The highest BCUT2D eigenvalue weighted by atomic mass is 16.1. The van der Waals surface area contributed by atoms with Gasteiger partial charge in [0, 0.05) is 30.3 Å². The Hall–Kier alpha value is -2.80. The smallest absolute Gasteiger partial charge is 0.253 e. The molecule has 0 radical (unpaired) electrons. The van der Waals surface area contributed by atoms with E-state index in [-0.39, 0.29) is 5.91 Å². The lowest BCUT2D eigenvalue weighted by atomic mass is 10.1. The van der Waals surface area contributed by atoms with Crippen molar-refractivity contribution in [1.82, 2.24) is 10.3 Å². The molecule has 2 fully saturated rings. The molecule has 0 unspecified atom stereocenters. The van der Waals surface area contributed by atoms with Crippen LogP contribution in [0.25, 0.3) is 0 Å². The molecule has 2 saturated carbocycles. The Labute approximate surface area is 148 Å². The fourth-order valence-electron chi connectivity index (χ4n) is 2.44. The second-order valence-electron chi connectivity index (χ2n) is 6.77. The SMILES string of the molecule is O=C(NC1CC1)c1ccc(NCc2ccc(C#CC3CC3)cc2)nc1. The molecule has 4 heteroatoms. The summed E-state index contributed by atoms with van der Waals surface area (Å²) in [7, 11) is 0. The first kappa shape index (κ1) is 15.7. The molecule has 1 heterocycles. The number of carbonyl (C=O) groups is 1. The van der Waals surface area contributed by atoms with Gasteiger partial charge >= 0.3 is 0 Å². The summed E-state index contributed by atoms with van der Waals surface area (Å²) in [6.45, 7) is 0.691. The van der Waals surface area contributed by atoms with E-state index in [0.29, 0.717) is 24.1 Å². The van der Waals surface area contributed by atoms with Gasteiger partial charge in [-0.3, -0.25) is 4.79 Å². The molecule has 2 aliphatic carbocycles. The van der Waals surface area contributed by atoms with E-state index in [1.54, 1.807) is 6.20 Å². The highest BCUT2D eigenvalue weighted by Gasteiger charge is 2.23. The van der Waals surface area contributed by atoms with E-state index >= 15 is 0 Å². The molecule has 2 N–H and O–H groups in total. The molecule has 0 bridgehead atoms. The second-order valence-corrected chi connectivity index (χ2v) is 6.77. The predicted octanol–water partition coefficient (Wildman–Crippen LogP) is 3.35. The fraction of sp³-hybridized carbons (Fsp3) is 0.333. The molecular weight excluding hydrogens is 310 g/mol. The number of aromatic nitrogens is 1. The topological polar surface area (TPSA) is 54.0 Å². The van der Waals surface area contributed by atoms with Gasteiger partial charge in [0.2, 0.25) is 0 Å². The van der Waals surface area contributed by atoms with E-state index < -0.39 is 0 Å². The molecule has 25 heavy (non-hydrogen) atoms. The summed E-state index contributed by atoms with van der Waals surface area (Å²) in [6.07, 6.45) is 6.30. The first-order valence-corrected chi connectivity index (χ1v) is 8.87. The van der Waals surface area contributed by atoms with E-state index in [9.17, 15) is 4.79 Å². The number of nitrogens with zero attached hydrogens (tertiary/aromatic N) is 1. The molecule has 0 aliphatic heterocycles. The number of hydrogen-bond acceptors (Lipinski definition) is 3. The van der Waals surface area contributed by atoms with Crippen LogP contribution in [0.5, 0.6) is 0 Å². The molecule has 1 aromatic heterocycles. The highest BCUT2D eigenvalue weighted by Crippen LogP contribution is 2.27. The van der Waals surface area contributed by atoms with Crippen LogP contribution >= 0.6 is 0 Å². The summed E-state index contributed by atoms with van der Waals surface area (Å²) >= 11 is 0. The van der Waals surface area contributed by atoms with Crippen LogP contribution in [0, 0.1) is 17.8 Å². The highest BCUT2D eigenvalue weighted by molar-refractivity contribution is 5.94. The van der Waals surface area contributed by atoms with Gasteiger partial charge in [-0.05, 0) is 55.5 Å². The lowest BCUT2D eigenvalue weighted by Gasteiger charge is -2.07. The average Bonchev–Trinajstić information content (AvgIpc) is 3.55. The van der Waals surface area contributed by atoms with Gasteiger partial charge in [-0.2, -0.15) is 0 Å². The normalized spacial score (nSPS) is 15.8. The maximum absolute atomic E-state index is 11.9. The van der Waals surface area contributed by atoms with Gasteiger partial charge in [0.25, 0.3) is 5.91 Å². The van der Waals surface area contributed by atoms with Crippen molar-refractivity contribution >= 4 is 11.7 Å². The summed E-state index contributed by atoms with van der Waals surface area (Å²) in [6, 6.07) is 12.3. The number of amides is 1. The minimum atomic E-state index is -0.0376. The van der Waals surface area contributed by atoms with Crippen LogP contribution in [-0.4, -0.2) is 16.9 Å². The Morgan fingerprint density at radius 3 is 2.52 bits per heavy atom. The van der Waals surface area contributed by atoms with Gasteiger partial charge in [-0.25, -0.2) is 4.98 Å². The molecule has 4 rings (SSSR count). The molecule has 0 spiro atoms. The molecule has 1 amide bonds. The van der Waals surface area contributed by atoms with Crippen LogP contribution in [-0.2, 0) is 6.54 Å². The molecule has 0 saturated heterocycles. The van der Waals surface area contributed by atoms with Crippen molar-refractivity contribution in [3.63, 3.8) is 0 Å². The standard InChI is InChI=1S/C21H21N3O/c25-21(24-19-10-11-19)18-9-12-20(23-14-18)22-13-17-7-5-16(6-8-17)4-3-15-1-2-15/h5-9,12,14-15,19H,1-2,10-11,13H2,(H,22,23)(H,24,25). The number of nitrogens with one attached hydrogen (secondary N) is 2. The molecule has 0 atom stereocenters. The number of anilines is 1. The first-order chi connectivity index (χ1) is 12.3. The first-order valence-electron chi connectivity index (χ1n) is 8.87. The summed E-state index contributed by atoms with van der Waals surface area (Å²) in [5.74, 6) is 7.85. The van der Waals surface area contributed by atoms with Crippen molar-refractivity contribution in [1.29, 1.82) is 0 Å². The van der Waals surface area contributed by atoms with Crippen molar-refractivity contribution < 1.29 is 4.79 Å². The summed E-state index contributed by atoms with van der Waals surface area (Å²) in [4.78, 5) is 16.3. The third-order valence-electron chi connectivity index (χ3n) is 4.36. The summed E-state index contributed by atoms with van der Waals surface area (Å²) in [5, 5.41) is 6.24. The maximum Gasteiger partial charge on any atom is 0.253 e. The number of rotatable bonds is 5. The molecule has 2 aliphatic rings. The minimum absolute atomic E-state index is 0.0376. The van der Waals surface area contributed by atoms with Gasteiger partial charge in [-0.15, -0.1) is 0 Å². The van der Waals surface area contributed by atoms with Crippen molar-refractivity contribution in [3.8, 4) is 11.8 Å². The third kappa shape index (κ3) is 4.60. The van der Waals surface area contributed by atoms with Crippen molar-refractivity contribution in [2.75, 3.05) is 5.32 Å². The fourth-order valence-corrected chi connectivity index (χ4v) is 2.44. The number of benzene rings is 1. The largest absolute Gasteiger partial charge is 0.366 e. The molecule has 1 aromatic carbocycles. The zero-order valence-electron chi connectivity index (χ0n) is 14.1.